The van der Waals surface area contributed by atoms with Crippen molar-refractivity contribution >= 4 is 35.2 Å². The molecule has 1 aliphatic rings. The standard InChI is InChI=1S/C18H12ClN3O3S/c19-12-5-3-4-11(10-12)15-20-21-18(25-15)26-9-8-22-16(23)13-6-1-2-7-14(13)17(22)24/h1-7,10H,8-9H2. The number of nitrogens with zero attached hydrogens (tertiary/aromatic N) is 3. The van der Waals surface area contributed by atoms with E-state index >= 15 is 0 Å². The third-order valence-electron chi connectivity index (χ3n) is 3.90. The molecule has 2 heterocycles. The van der Waals surface area contributed by atoms with Crippen LogP contribution in [-0.2, 0) is 0 Å². The van der Waals surface area contributed by atoms with Crippen LogP contribution in [0.3, 0.4) is 0 Å². The number of fused-ring (bicyclic) bond motifs is 1. The van der Waals surface area contributed by atoms with Gasteiger partial charge in [-0.2, -0.15) is 0 Å². The Labute approximate surface area is 158 Å². The highest BCUT2D eigenvalue weighted by Gasteiger charge is 2.34. The summed E-state index contributed by atoms with van der Waals surface area (Å²) in [5.74, 6) is 0.297. The highest BCUT2D eigenvalue weighted by Crippen LogP contribution is 2.26. The van der Waals surface area contributed by atoms with E-state index in [1.54, 1.807) is 42.5 Å². The molecular formula is C18H12ClN3O3S. The van der Waals surface area contributed by atoms with Gasteiger partial charge in [0.15, 0.2) is 0 Å². The number of amides is 2. The van der Waals surface area contributed by atoms with Gasteiger partial charge in [0.2, 0.25) is 5.89 Å². The largest absolute Gasteiger partial charge is 0.411 e. The van der Waals surface area contributed by atoms with Gasteiger partial charge < -0.3 is 4.42 Å². The maximum Gasteiger partial charge on any atom is 0.276 e. The van der Waals surface area contributed by atoms with Crippen molar-refractivity contribution in [2.24, 2.45) is 0 Å². The fraction of sp³-hybridized carbons (Fsp3) is 0.111. The lowest BCUT2D eigenvalue weighted by molar-refractivity contribution is 0.0664. The van der Waals surface area contributed by atoms with Crippen LogP contribution in [0.1, 0.15) is 20.7 Å². The Balaban J connectivity index is 1.39. The quantitative estimate of drug-likeness (QED) is 0.491. The average Bonchev–Trinajstić information content (AvgIpc) is 3.21. The molecule has 1 aliphatic heterocycles. The van der Waals surface area contributed by atoms with Crippen molar-refractivity contribution in [3.05, 3.63) is 64.7 Å². The fourth-order valence-electron chi connectivity index (χ4n) is 2.67. The first-order valence-electron chi connectivity index (χ1n) is 7.81. The number of benzene rings is 2. The summed E-state index contributed by atoms with van der Waals surface area (Å²) in [4.78, 5) is 25.8. The molecule has 0 aliphatic carbocycles. The van der Waals surface area contributed by atoms with Crippen molar-refractivity contribution < 1.29 is 14.0 Å². The summed E-state index contributed by atoms with van der Waals surface area (Å²) in [5.41, 5.74) is 1.63. The SMILES string of the molecule is O=C1c2ccccc2C(=O)N1CCSc1nnc(-c2cccc(Cl)c2)o1. The molecule has 130 valence electrons. The normalized spacial score (nSPS) is 13.3. The molecule has 0 N–H and O–H groups in total. The minimum atomic E-state index is -0.267. The topological polar surface area (TPSA) is 76.3 Å². The van der Waals surface area contributed by atoms with Crippen LogP contribution in [0, 0.1) is 0 Å². The molecule has 0 spiro atoms. The number of carbonyl (C=O) groups excluding carboxylic acids is 2. The third kappa shape index (κ3) is 3.11. The number of hydrogen-bond donors (Lipinski definition) is 0. The smallest absolute Gasteiger partial charge is 0.276 e. The second kappa shape index (κ2) is 6.93. The van der Waals surface area contributed by atoms with E-state index in [1.807, 2.05) is 6.07 Å². The zero-order valence-electron chi connectivity index (χ0n) is 13.4. The Bertz CT molecular complexity index is 970. The van der Waals surface area contributed by atoms with Crippen molar-refractivity contribution in [2.75, 3.05) is 12.3 Å². The Hall–Kier alpha value is -2.64. The molecule has 8 heteroatoms. The molecule has 2 aromatic carbocycles. The highest BCUT2D eigenvalue weighted by molar-refractivity contribution is 7.99. The number of rotatable bonds is 5. The van der Waals surface area contributed by atoms with Gasteiger partial charge in [-0.25, -0.2) is 0 Å². The zero-order valence-corrected chi connectivity index (χ0v) is 15.0. The molecule has 26 heavy (non-hydrogen) atoms. The Morgan fingerprint density at radius 2 is 1.73 bits per heavy atom. The first-order chi connectivity index (χ1) is 12.6. The van der Waals surface area contributed by atoms with Gasteiger partial charge in [0.05, 0.1) is 11.1 Å². The number of thioether (sulfide) groups is 1. The first kappa shape index (κ1) is 16.8. The Kier molecular flexibility index (Phi) is 4.48. The number of aromatic nitrogens is 2. The lowest BCUT2D eigenvalue weighted by Gasteiger charge is -2.12. The third-order valence-corrected chi connectivity index (χ3v) is 4.93. The van der Waals surface area contributed by atoms with Crippen molar-refractivity contribution in [1.29, 1.82) is 0 Å². The molecule has 0 radical (unpaired) electrons. The van der Waals surface area contributed by atoms with Crippen LogP contribution in [-0.4, -0.2) is 39.2 Å². The van der Waals surface area contributed by atoms with E-state index in [4.69, 9.17) is 16.0 Å². The van der Waals surface area contributed by atoms with Gasteiger partial charge in [0, 0.05) is 22.9 Å². The molecule has 3 aromatic rings. The van der Waals surface area contributed by atoms with Gasteiger partial charge in [0.25, 0.3) is 17.0 Å². The van der Waals surface area contributed by atoms with E-state index in [1.165, 1.54) is 16.7 Å². The molecule has 0 bridgehead atoms. The Morgan fingerprint density at radius 3 is 2.42 bits per heavy atom. The number of imide groups is 1. The van der Waals surface area contributed by atoms with Gasteiger partial charge in [-0.15, -0.1) is 10.2 Å². The monoisotopic (exact) mass is 385 g/mol. The first-order valence-corrected chi connectivity index (χ1v) is 9.17. The van der Waals surface area contributed by atoms with Crippen LogP contribution in [0.15, 0.2) is 58.2 Å². The van der Waals surface area contributed by atoms with Gasteiger partial charge in [0.1, 0.15) is 0 Å². The summed E-state index contributed by atoms with van der Waals surface area (Å²) in [7, 11) is 0. The van der Waals surface area contributed by atoms with Gasteiger partial charge in [-0.3, -0.25) is 14.5 Å². The molecule has 4 rings (SSSR count). The lowest BCUT2D eigenvalue weighted by Crippen LogP contribution is -2.31. The van der Waals surface area contributed by atoms with Gasteiger partial charge in [-0.1, -0.05) is 41.6 Å². The van der Waals surface area contributed by atoms with E-state index in [0.717, 1.165) is 5.56 Å². The minimum Gasteiger partial charge on any atom is -0.411 e. The zero-order chi connectivity index (χ0) is 18.1. The molecule has 6 nitrogen and oxygen atoms in total. The maximum absolute atomic E-state index is 12.3. The van der Waals surface area contributed by atoms with Crippen molar-refractivity contribution in [2.45, 2.75) is 5.22 Å². The maximum atomic E-state index is 12.3. The summed E-state index contributed by atoms with van der Waals surface area (Å²) >= 11 is 7.25. The number of carbonyl (C=O) groups is 2. The van der Waals surface area contributed by atoms with E-state index in [2.05, 4.69) is 10.2 Å². The molecular weight excluding hydrogens is 374 g/mol. The van der Waals surface area contributed by atoms with E-state index in [-0.39, 0.29) is 18.4 Å². The van der Waals surface area contributed by atoms with Crippen LogP contribution >= 0.6 is 23.4 Å². The van der Waals surface area contributed by atoms with Crippen LogP contribution < -0.4 is 0 Å². The van der Waals surface area contributed by atoms with Gasteiger partial charge in [-0.05, 0) is 30.3 Å². The second-order valence-corrected chi connectivity index (χ2v) is 7.02. The summed E-state index contributed by atoms with van der Waals surface area (Å²) in [6.07, 6.45) is 0. The molecule has 0 unspecified atom stereocenters. The minimum absolute atomic E-state index is 0.267. The summed E-state index contributed by atoms with van der Waals surface area (Å²) in [6.45, 7) is 0.270. The summed E-state index contributed by atoms with van der Waals surface area (Å²) < 4.78 is 5.60. The fourth-order valence-corrected chi connectivity index (χ4v) is 3.55. The predicted octanol–water partition coefficient (Wildman–Crippen LogP) is 3.78. The molecule has 0 fully saturated rings. The highest BCUT2D eigenvalue weighted by atomic mass is 35.5. The second-order valence-electron chi connectivity index (χ2n) is 5.54. The molecule has 0 saturated heterocycles. The molecule has 1 aromatic heterocycles. The number of halogens is 1. The van der Waals surface area contributed by atoms with Crippen molar-refractivity contribution in [3.8, 4) is 11.5 Å². The van der Waals surface area contributed by atoms with Crippen molar-refractivity contribution in [3.63, 3.8) is 0 Å². The average molecular weight is 386 g/mol. The van der Waals surface area contributed by atoms with Gasteiger partial charge >= 0.3 is 0 Å². The summed E-state index contributed by atoms with van der Waals surface area (Å²) in [6, 6.07) is 14.0. The van der Waals surface area contributed by atoms with Crippen LogP contribution in [0.25, 0.3) is 11.5 Å². The Morgan fingerprint density at radius 1 is 1.00 bits per heavy atom. The summed E-state index contributed by atoms with van der Waals surface area (Å²) in [5, 5.41) is 8.93. The van der Waals surface area contributed by atoms with Crippen LogP contribution in [0.5, 0.6) is 0 Å². The van der Waals surface area contributed by atoms with E-state index < -0.39 is 0 Å². The molecule has 2 amide bonds. The lowest BCUT2D eigenvalue weighted by atomic mass is 10.1. The molecule has 0 atom stereocenters. The molecule has 0 saturated carbocycles. The van der Waals surface area contributed by atoms with Crippen molar-refractivity contribution in [1.82, 2.24) is 15.1 Å². The van der Waals surface area contributed by atoms with Crippen LogP contribution in [0.4, 0.5) is 0 Å². The van der Waals surface area contributed by atoms with Crippen LogP contribution in [0.2, 0.25) is 5.02 Å². The van der Waals surface area contributed by atoms with E-state index in [9.17, 15) is 9.59 Å². The number of hydrogen-bond acceptors (Lipinski definition) is 6. The van der Waals surface area contributed by atoms with E-state index in [0.29, 0.717) is 33.0 Å². The predicted molar refractivity (Wildman–Crippen MR) is 97.3 cm³/mol.